The van der Waals surface area contributed by atoms with Crippen molar-refractivity contribution in [2.24, 2.45) is 4.99 Å². The maximum Gasteiger partial charge on any atom is 0.134 e. The van der Waals surface area contributed by atoms with E-state index in [1.54, 1.807) is 0 Å². The van der Waals surface area contributed by atoms with Gasteiger partial charge in [-0.25, -0.2) is 4.99 Å². The Morgan fingerprint density at radius 3 is 1.02 bits per heavy atom. The molecular formula is C64H46N2. The molecule has 11 rings (SSSR count). The summed E-state index contributed by atoms with van der Waals surface area (Å²) in [5, 5.41) is 3.89. The third kappa shape index (κ3) is 7.87. The first-order valence-electron chi connectivity index (χ1n) is 22.7. The number of benzene rings is 10. The third-order valence-corrected chi connectivity index (χ3v) is 12.5. The van der Waals surface area contributed by atoms with Crippen molar-refractivity contribution >= 4 is 11.5 Å². The average Bonchev–Trinajstić information content (AvgIpc) is 3.41. The zero-order valence-corrected chi connectivity index (χ0v) is 36.4. The van der Waals surface area contributed by atoms with Gasteiger partial charge < -0.3 is 5.32 Å². The molecule has 10 aromatic rings. The Morgan fingerprint density at radius 2 is 0.591 bits per heavy atom. The maximum absolute atomic E-state index is 5.53. The molecule has 312 valence electrons. The van der Waals surface area contributed by atoms with Crippen LogP contribution in [0.5, 0.6) is 0 Å². The van der Waals surface area contributed by atoms with Crippen LogP contribution in [-0.2, 0) is 0 Å². The summed E-state index contributed by atoms with van der Waals surface area (Å²) in [7, 11) is 0. The molecule has 0 amide bonds. The number of aliphatic imine (C=N–C) groups is 1. The lowest BCUT2D eigenvalue weighted by Crippen LogP contribution is -2.31. The molecule has 0 saturated carbocycles. The fraction of sp³-hybridized carbons (Fsp3) is 0.0156. The molecule has 0 aliphatic carbocycles. The molecule has 66 heavy (non-hydrogen) atoms. The van der Waals surface area contributed by atoms with E-state index in [-0.39, 0.29) is 6.04 Å². The molecule has 1 unspecified atom stereocenters. The minimum atomic E-state index is -0.111. The minimum Gasteiger partial charge on any atom is -0.359 e. The first kappa shape index (κ1) is 40.2. The van der Waals surface area contributed by atoms with Crippen molar-refractivity contribution in [3.63, 3.8) is 0 Å². The van der Waals surface area contributed by atoms with Crippen molar-refractivity contribution in [2.75, 3.05) is 0 Å². The van der Waals surface area contributed by atoms with Crippen LogP contribution in [0.25, 0.3) is 83.6 Å². The Morgan fingerprint density at radius 1 is 0.273 bits per heavy atom. The van der Waals surface area contributed by atoms with Crippen molar-refractivity contribution in [1.29, 1.82) is 0 Å². The zero-order valence-electron chi connectivity index (χ0n) is 36.4. The van der Waals surface area contributed by atoms with Crippen molar-refractivity contribution in [3.05, 3.63) is 284 Å². The van der Waals surface area contributed by atoms with E-state index in [1.165, 1.54) is 33.4 Å². The summed E-state index contributed by atoms with van der Waals surface area (Å²) in [6, 6.07) is 93.5. The van der Waals surface area contributed by atoms with Crippen LogP contribution < -0.4 is 5.32 Å². The number of rotatable bonds is 10. The SMILES string of the molecule is C1=C(c2ccccc2-c2ccccc2)N=C(c2cccc(-c3c(-c4ccccc4)c(-c4ccccc4)c(-c4ccccc4)c(-c4ccccc4)c3-c3ccccc3)c2)NC1c1ccccc1. The van der Waals surface area contributed by atoms with E-state index in [0.717, 1.165) is 72.7 Å². The van der Waals surface area contributed by atoms with Crippen molar-refractivity contribution in [1.82, 2.24) is 5.32 Å². The van der Waals surface area contributed by atoms with Crippen LogP contribution >= 0.6 is 0 Å². The van der Waals surface area contributed by atoms with Crippen molar-refractivity contribution < 1.29 is 0 Å². The Hall–Kier alpha value is -8.59. The van der Waals surface area contributed by atoms with Crippen LogP contribution in [0.2, 0.25) is 0 Å². The van der Waals surface area contributed by atoms with Gasteiger partial charge in [0, 0.05) is 11.1 Å². The second kappa shape index (κ2) is 18.3. The van der Waals surface area contributed by atoms with E-state index in [4.69, 9.17) is 4.99 Å². The highest BCUT2D eigenvalue weighted by Crippen LogP contribution is 2.56. The van der Waals surface area contributed by atoms with Gasteiger partial charge in [-0.05, 0) is 95.6 Å². The molecule has 1 aliphatic rings. The van der Waals surface area contributed by atoms with Gasteiger partial charge in [-0.15, -0.1) is 0 Å². The van der Waals surface area contributed by atoms with Crippen LogP contribution in [0.3, 0.4) is 0 Å². The highest BCUT2D eigenvalue weighted by atomic mass is 15.0. The molecule has 0 radical (unpaired) electrons. The molecule has 1 N–H and O–H groups in total. The first-order chi connectivity index (χ1) is 32.8. The van der Waals surface area contributed by atoms with Crippen LogP contribution in [0.1, 0.15) is 22.7 Å². The largest absolute Gasteiger partial charge is 0.359 e. The van der Waals surface area contributed by atoms with Gasteiger partial charge in [0.15, 0.2) is 0 Å². The highest BCUT2D eigenvalue weighted by molar-refractivity contribution is 6.15. The van der Waals surface area contributed by atoms with E-state index >= 15 is 0 Å². The summed E-state index contributed by atoms with van der Waals surface area (Å²) in [4.78, 5) is 5.53. The summed E-state index contributed by atoms with van der Waals surface area (Å²) < 4.78 is 0. The van der Waals surface area contributed by atoms with Crippen LogP contribution in [0, 0.1) is 0 Å². The molecule has 0 aromatic heterocycles. The van der Waals surface area contributed by atoms with Gasteiger partial charge in [0.25, 0.3) is 0 Å². The first-order valence-corrected chi connectivity index (χ1v) is 22.7. The predicted molar refractivity (Wildman–Crippen MR) is 278 cm³/mol. The molecule has 1 heterocycles. The van der Waals surface area contributed by atoms with Crippen LogP contribution in [0.4, 0.5) is 0 Å². The number of nitrogens with zero attached hydrogens (tertiary/aromatic N) is 1. The monoisotopic (exact) mass is 842 g/mol. The molecule has 2 heteroatoms. The molecule has 10 aromatic carbocycles. The van der Waals surface area contributed by atoms with Gasteiger partial charge in [0.2, 0.25) is 0 Å². The lowest BCUT2D eigenvalue weighted by molar-refractivity contribution is 0.781. The van der Waals surface area contributed by atoms with E-state index in [2.05, 4.69) is 272 Å². The van der Waals surface area contributed by atoms with Gasteiger partial charge in [-0.2, -0.15) is 0 Å². The molecule has 0 spiro atoms. The Labute approximate surface area is 387 Å². The van der Waals surface area contributed by atoms with E-state index in [1.807, 2.05) is 0 Å². The van der Waals surface area contributed by atoms with Gasteiger partial charge in [0.05, 0.1) is 11.7 Å². The van der Waals surface area contributed by atoms with Crippen LogP contribution in [0.15, 0.2) is 272 Å². The lowest BCUT2D eigenvalue weighted by Gasteiger charge is -2.29. The minimum absolute atomic E-state index is 0.111. The molecule has 2 nitrogen and oxygen atoms in total. The highest BCUT2D eigenvalue weighted by Gasteiger charge is 2.30. The second-order valence-electron chi connectivity index (χ2n) is 16.6. The lowest BCUT2D eigenvalue weighted by atomic mass is 9.74. The average molecular weight is 843 g/mol. The fourth-order valence-corrected chi connectivity index (χ4v) is 9.58. The molecular weight excluding hydrogens is 797 g/mol. The maximum atomic E-state index is 5.53. The Balaban J connectivity index is 1.23. The molecule has 0 fully saturated rings. The number of hydrogen-bond acceptors (Lipinski definition) is 2. The fourth-order valence-electron chi connectivity index (χ4n) is 9.58. The summed E-state index contributed by atoms with van der Waals surface area (Å²) in [6.45, 7) is 0. The van der Waals surface area contributed by atoms with E-state index in [9.17, 15) is 0 Å². The van der Waals surface area contributed by atoms with Gasteiger partial charge >= 0.3 is 0 Å². The third-order valence-electron chi connectivity index (χ3n) is 12.5. The summed E-state index contributed by atoms with van der Waals surface area (Å²) in [5.74, 6) is 0.820. The summed E-state index contributed by atoms with van der Waals surface area (Å²) >= 11 is 0. The zero-order chi connectivity index (χ0) is 44.1. The number of nitrogens with one attached hydrogen (secondary N) is 1. The summed E-state index contributed by atoms with van der Waals surface area (Å²) in [5.41, 5.74) is 20.4. The Kier molecular flexibility index (Phi) is 11.1. The molecule has 1 atom stereocenters. The normalized spacial score (nSPS) is 13.3. The Bertz CT molecular complexity index is 3220. The van der Waals surface area contributed by atoms with E-state index in [0.29, 0.717) is 0 Å². The number of hydrogen-bond donors (Lipinski definition) is 1. The van der Waals surface area contributed by atoms with Crippen molar-refractivity contribution in [2.45, 2.75) is 6.04 Å². The second-order valence-corrected chi connectivity index (χ2v) is 16.6. The quantitative estimate of drug-likeness (QED) is 0.146. The summed E-state index contributed by atoms with van der Waals surface area (Å²) in [6.07, 6.45) is 2.27. The molecule has 0 saturated heterocycles. The van der Waals surface area contributed by atoms with Gasteiger partial charge in [0.1, 0.15) is 5.84 Å². The molecule has 1 aliphatic heterocycles. The predicted octanol–water partition coefficient (Wildman–Crippen LogP) is 16.5. The smallest absolute Gasteiger partial charge is 0.134 e. The molecule has 0 bridgehead atoms. The van der Waals surface area contributed by atoms with E-state index < -0.39 is 0 Å². The van der Waals surface area contributed by atoms with Crippen molar-refractivity contribution in [3.8, 4) is 77.9 Å². The standard InChI is InChI=1S/C64H46N2/c1-8-25-45(26-9-1)54-41-22-23-42-55(54)57-44-56(46-27-10-2-11-28-46)65-64(66-57)53-40-24-39-52(43-53)63-61(50-35-18-6-19-36-50)59(48-31-14-4-15-32-48)58(47-29-12-3-13-30-47)60(49-33-16-5-17-34-49)62(63)51-37-20-7-21-38-51/h1-44,56H,(H,65,66). The topological polar surface area (TPSA) is 24.4 Å². The van der Waals surface area contributed by atoms with Crippen LogP contribution in [-0.4, -0.2) is 5.84 Å². The van der Waals surface area contributed by atoms with Gasteiger partial charge in [-0.1, -0.05) is 255 Å². The van der Waals surface area contributed by atoms with Gasteiger partial charge in [-0.3, -0.25) is 0 Å². The number of amidine groups is 1.